The van der Waals surface area contributed by atoms with Crippen LogP contribution in [0.2, 0.25) is 0 Å². The van der Waals surface area contributed by atoms with Gasteiger partial charge in [-0.3, -0.25) is 9.69 Å². The minimum atomic E-state index is -0.421. The molecule has 0 aliphatic heterocycles. The highest BCUT2D eigenvalue weighted by Gasteiger charge is 2.51. The lowest BCUT2D eigenvalue weighted by atomic mass is 9.65. The van der Waals surface area contributed by atoms with Crippen LogP contribution in [-0.4, -0.2) is 47.8 Å². The van der Waals surface area contributed by atoms with Gasteiger partial charge in [-0.2, -0.15) is 0 Å². The van der Waals surface area contributed by atoms with E-state index in [2.05, 4.69) is 36.9 Å². The number of hydrogen-bond donors (Lipinski definition) is 2. The lowest BCUT2D eigenvalue weighted by Crippen LogP contribution is -2.56. The third-order valence-electron chi connectivity index (χ3n) is 8.28. The van der Waals surface area contributed by atoms with Gasteiger partial charge in [-0.25, -0.2) is 0 Å². The summed E-state index contributed by atoms with van der Waals surface area (Å²) in [6, 6.07) is 12.0. The first kappa shape index (κ1) is 23.5. The van der Waals surface area contributed by atoms with Crippen molar-refractivity contribution < 1.29 is 14.6 Å². The molecule has 2 N–H and O–H groups in total. The van der Waals surface area contributed by atoms with Crippen LogP contribution in [0, 0.1) is 5.92 Å². The van der Waals surface area contributed by atoms with E-state index >= 15 is 0 Å². The quantitative estimate of drug-likeness (QED) is 0.254. The maximum Gasteiger partial charge on any atom is 0.201 e. The van der Waals surface area contributed by atoms with Gasteiger partial charge in [0.25, 0.3) is 0 Å². The van der Waals surface area contributed by atoms with Crippen molar-refractivity contribution in [1.82, 2.24) is 4.90 Å². The van der Waals surface area contributed by atoms with Crippen molar-refractivity contribution in [2.24, 2.45) is 5.92 Å². The Labute approximate surface area is 206 Å². The Bertz CT molecular complexity index is 1330. The molecule has 1 aromatic heterocycles. The zero-order valence-corrected chi connectivity index (χ0v) is 20.8. The monoisotopic (exact) mass is 474 g/mol. The Hall–Kier alpha value is -3.25. The second-order valence-corrected chi connectivity index (χ2v) is 10.2. The number of rotatable bonds is 8. The topological polar surface area (TPSA) is 77.2 Å². The molecule has 6 nitrogen and oxygen atoms in total. The van der Waals surface area contributed by atoms with Crippen LogP contribution in [0.15, 0.2) is 63.3 Å². The Morgan fingerprint density at radius 1 is 1.06 bits per heavy atom. The molecule has 2 aliphatic rings. The summed E-state index contributed by atoms with van der Waals surface area (Å²) in [6.07, 6.45) is 8.62. The molecule has 0 saturated heterocycles. The van der Waals surface area contributed by atoms with Crippen molar-refractivity contribution in [1.29, 1.82) is 0 Å². The molecule has 0 spiro atoms. The van der Waals surface area contributed by atoms with Gasteiger partial charge >= 0.3 is 0 Å². The van der Waals surface area contributed by atoms with Crippen LogP contribution < -0.4 is 10.3 Å². The second kappa shape index (κ2) is 9.08. The van der Waals surface area contributed by atoms with Crippen LogP contribution in [0.5, 0.6) is 11.5 Å². The summed E-state index contributed by atoms with van der Waals surface area (Å²) >= 11 is 0. The van der Waals surface area contributed by atoms with E-state index in [1.807, 2.05) is 24.3 Å². The molecule has 0 radical (unpaired) electrons. The molecular formula is C29H34N2O4. The van der Waals surface area contributed by atoms with Crippen molar-refractivity contribution in [3.63, 3.8) is 0 Å². The van der Waals surface area contributed by atoms with Gasteiger partial charge in [-0.15, -0.1) is 0 Å². The molecule has 3 aromatic rings. The number of benzene rings is 2. The van der Waals surface area contributed by atoms with Gasteiger partial charge < -0.3 is 19.5 Å². The number of phenolic OH excluding ortho intramolecular Hbond substituents is 2. The van der Waals surface area contributed by atoms with E-state index in [0.717, 1.165) is 36.7 Å². The minimum absolute atomic E-state index is 0.00466. The minimum Gasteiger partial charge on any atom is -0.504 e. The van der Waals surface area contributed by atoms with Crippen LogP contribution in [0.1, 0.15) is 39.0 Å². The average molecular weight is 475 g/mol. The first-order chi connectivity index (χ1) is 16.8. The normalized spacial score (nSPS) is 21.1. The number of fused-ring (bicyclic) bond motifs is 2. The van der Waals surface area contributed by atoms with E-state index in [1.54, 1.807) is 5.57 Å². The standard InChI is InChI=1S/C29H34N2O4/c1-19-12-14-29(15-13-23(19)29)31(3)17-5-4-16-30(2)21-8-6-20(7-9-21)26-18-25(33)22-10-11-24(32)27(34)28(22)35-26/h6-12,18,23,32,34H,4-5,13-17H2,1-3H3. The first-order valence-corrected chi connectivity index (χ1v) is 12.5. The van der Waals surface area contributed by atoms with E-state index in [9.17, 15) is 15.0 Å². The fourth-order valence-corrected chi connectivity index (χ4v) is 5.88. The van der Waals surface area contributed by atoms with E-state index in [0.29, 0.717) is 11.3 Å². The van der Waals surface area contributed by atoms with Gasteiger partial charge in [0.1, 0.15) is 5.76 Å². The molecule has 6 heteroatoms. The molecule has 0 amide bonds. The first-order valence-electron chi connectivity index (χ1n) is 12.5. The van der Waals surface area contributed by atoms with E-state index in [1.165, 1.54) is 43.9 Å². The molecule has 5 rings (SSSR count). The SMILES string of the molecule is CC1=CCC2(N(C)CCCCN(C)c3ccc(-c4cc(=O)c5ccc(O)c(O)c5o4)cc3)CCC12. The van der Waals surface area contributed by atoms with E-state index in [-0.39, 0.29) is 22.1 Å². The zero-order chi connectivity index (χ0) is 24.7. The van der Waals surface area contributed by atoms with Crippen molar-refractivity contribution in [3.05, 3.63) is 64.3 Å². The molecule has 1 heterocycles. The lowest BCUT2D eigenvalue weighted by molar-refractivity contribution is 0.00247. The maximum absolute atomic E-state index is 12.5. The molecule has 184 valence electrons. The summed E-state index contributed by atoms with van der Waals surface area (Å²) in [5.74, 6) is 0.389. The van der Waals surface area contributed by atoms with E-state index in [4.69, 9.17) is 4.42 Å². The Kier molecular flexibility index (Phi) is 6.09. The summed E-state index contributed by atoms with van der Waals surface area (Å²) in [5.41, 5.74) is 3.55. The molecule has 2 aromatic carbocycles. The fraction of sp³-hybridized carbons (Fsp3) is 0.414. The summed E-state index contributed by atoms with van der Waals surface area (Å²) in [5, 5.41) is 20.1. The number of phenols is 2. The number of aromatic hydroxyl groups is 2. The summed E-state index contributed by atoms with van der Waals surface area (Å²) in [7, 11) is 4.40. The zero-order valence-electron chi connectivity index (χ0n) is 20.8. The highest BCUT2D eigenvalue weighted by Crippen LogP contribution is 2.53. The van der Waals surface area contributed by atoms with Crippen LogP contribution >= 0.6 is 0 Å². The molecule has 2 atom stereocenters. The van der Waals surface area contributed by atoms with Gasteiger partial charge in [0, 0.05) is 36.4 Å². The lowest BCUT2D eigenvalue weighted by Gasteiger charge is -2.52. The third kappa shape index (κ3) is 4.10. The fourth-order valence-electron chi connectivity index (χ4n) is 5.88. The largest absolute Gasteiger partial charge is 0.504 e. The Balaban J connectivity index is 1.19. The summed E-state index contributed by atoms with van der Waals surface area (Å²) < 4.78 is 5.78. The van der Waals surface area contributed by atoms with Crippen LogP contribution in [0.3, 0.4) is 0 Å². The van der Waals surface area contributed by atoms with Gasteiger partial charge in [-0.1, -0.05) is 11.6 Å². The van der Waals surface area contributed by atoms with E-state index < -0.39 is 5.75 Å². The van der Waals surface area contributed by atoms with Gasteiger partial charge in [0.15, 0.2) is 16.8 Å². The molecule has 1 fully saturated rings. The number of anilines is 1. The van der Waals surface area contributed by atoms with Gasteiger partial charge in [0.2, 0.25) is 5.75 Å². The predicted octanol–water partition coefficient (Wildman–Crippen LogP) is 5.52. The number of unbranched alkanes of at least 4 members (excludes halogenated alkanes) is 1. The van der Waals surface area contributed by atoms with Gasteiger partial charge in [-0.05, 0) is 94.9 Å². The second-order valence-electron chi connectivity index (χ2n) is 10.2. The van der Waals surface area contributed by atoms with Crippen LogP contribution in [-0.2, 0) is 0 Å². The predicted molar refractivity (Wildman–Crippen MR) is 140 cm³/mol. The number of nitrogens with zero attached hydrogens (tertiary/aromatic N) is 2. The molecule has 0 bridgehead atoms. The van der Waals surface area contributed by atoms with Crippen LogP contribution in [0.25, 0.3) is 22.3 Å². The summed E-state index contributed by atoms with van der Waals surface area (Å²) in [4.78, 5) is 17.3. The van der Waals surface area contributed by atoms with Crippen molar-refractivity contribution >= 4 is 16.7 Å². The molecule has 2 unspecified atom stereocenters. The Morgan fingerprint density at radius 2 is 1.80 bits per heavy atom. The summed E-state index contributed by atoms with van der Waals surface area (Å²) in [6.45, 7) is 4.40. The third-order valence-corrected chi connectivity index (χ3v) is 8.28. The average Bonchev–Trinajstić information content (AvgIpc) is 3.06. The molecule has 2 aliphatic carbocycles. The van der Waals surface area contributed by atoms with Crippen molar-refractivity contribution in [3.8, 4) is 22.8 Å². The molecular weight excluding hydrogens is 440 g/mol. The Morgan fingerprint density at radius 3 is 2.49 bits per heavy atom. The highest BCUT2D eigenvalue weighted by molar-refractivity contribution is 5.86. The van der Waals surface area contributed by atoms with Crippen molar-refractivity contribution in [2.45, 2.75) is 44.6 Å². The maximum atomic E-state index is 12.5. The smallest absolute Gasteiger partial charge is 0.201 e. The van der Waals surface area contributed by atoms with Gasteiger partial charge in [0.05, 0.1) is 5.39 Å². The number of hydrogen-bond acceptors (Lipinski definition) is 6. The van der Waals surface area contributed by atoms with Crippen LogP contribution in [0.4, 0.5) is 5.69 Å². The molecule has 1 saturated carbocycles. The highest BCUT2D eigenvalue weighted by atomic mass is 16.4. The molecule has 35 heavy (non-hydrogen) atoms. The van der Waals surface area contributed by atoms with Crippen molar-refractivity contribution in [2.75, 3.05) is 32.1 Å².